The van der Waals surface area contributed by atoms with Crippen LogP contribution in [0, 0.1) is 0 Å². The van der Waals surface area contributed by atoms with Gasteiger partial charge in [-0.05, 0) is 0 Å². The van der Waals surface area contributed by atoms with Crippen LogP contribution < -0.4 is 5.32 Å². The van der Waals surface area contributed by atoms with Crippen molar-refractivity contribution in [3.63, 3.8) is 0 Å². The number of halogens is 1. The van der Waals surface area contributed by atoms with Gasteiger partial charge >= 0.3 is 5.97 Å². The summed E-state index contributed by atoms with van der Waals surface area (Å²) in [5, 5.41) is 18.8. The van der Waals surface area contributed by atoms with Crippen LogP contribution in [-0.2, 0) is 17.9 Å². The van der Waals surface area contributed by atoms with E-state index in [1.165, 1.54) is 17.1 Å². The van der Waals surface area contributed by atoms with Crippen LogP contribution in [0.4, 0.5) is 0 Å². The Labute approximate surface area is 136 Å². The summed E-state index contributed by atoms with van der Waals surface area (Å²) in [7, 11) is 0. The van der Waals surface area contributed by atoms with Gasteiger partial charge in [-0.3, -0.25) is 9.59 Å². The zero-order chi connectivity index (χ0) is 17.0. The standard InChI is InChI=1S/C13H15ClN6O3/c1-7(2)12-15-4-9(14)11(17-12)13(23)16-3-8-5-20(19-18-8)6-10(21)22/h4-5,7H,3,6H2,1-2H3,(H,16,23)(H,21,22). The number of hydrogen-bond donors (Lipinski definition) is 2. The molecule has 2 N–H and O–H groups in total. The second-order valence-electron chi connectivity index (χ2n) is 5.06. The van der Waals surface area contributed by atoms with Gasteiger partial charge in [0.15, 0.2) is 0 Å². The summed E-state index contributed by atoms with van der Waals surface area (Å²) >= 11 is 5.96. The lowest BCUT2D eigenvalue weighted by atomic mass is 10.2. The van der Waals surface area contributed by atoms with E-state index in [1.54, 1.807) is 0 Å². The molecule has 2 rings (SSSR count). The molecule has 0 aliphatic heterocycles. The molecule has 9 nitrogen and oxygen atoms in total. The van der Waals surface area contributed by atoms with Crippen LogP contribution in [0.3, 0.4) is 0 Å². The predicted octanol–water partition coefficient (Wildman–Crippen LogP) is 0.859. The van der Waals surface area contributed by atoms with Gasteiger partial charge in [0.1, 0.15) is 23.8 Å². The summed E-state index contributed by atoms with van der Waals surface area (Å²) in [6, 6.07) is 0. The van der Waals surface area contributed by atoms with Crippen molar-refractivity contribution in [2.75, 3.05) is 0 Å². The van der Waals surface area contributed by atoms with Crippen molar-refractivity contribution >= 4 is 23.5 Å². The first-order chi connectivity index (χ1) is 10.9. The molecule has 0 aromatic carbocycles. The molecule has 0 aliphatic carbocycles. The Morgan fingerprint density at radius 1 is 1.43 bits per heavy atom. The third-order valence-corrected chi connectivity index (χ3v) is 3.08. The van der Waals surface area contributed by atoms with E-state index in [-0.39, 0.29) is 29.7 Å². The molecule has 0 saturated heterocycles. The Hall–Kier alpha value is -2.55. The van der Waals surface area contributed by atoms with E-state index in [0.29, 0.717) is 11.5 Å². The van der Waals surface area contributed by atoms with Gasteiger partial charge < -0.3 is 10.4 Å². The number of nitrogens with zero attached hydrogens (tertiary/aromatic N) is 5. The van der Waals surface area contributed by atoms with Crippen molar-refractivity contribution in [2.45, 2.75) is 32.9 Å². The van der Waals surface area contributed by atoms with Crippen molar-refractivity contribution in [3.8, 4) is 0 Å². The highest BCUT2D eigenvalue weighted by Gasteiger charge is 2.16. The molecule has 23 heavy (non-hydrogen) atoms. The van der Waals surface area contributed by atoms with E-state index in [4.69, 9.17) is 16.7 Å². The fourth-order valence-electron chi connectivity index (χ4n) is 1.71. The highest BCUT2D eigenvalue weighted by Crippen LogP contribution is 2.16. The maximum atomic E-state index is 12.2. The molecule has 1 amide bonds. The lowest BCUT2D eigenvalue weighted by Gasteiger charge is -2.08. The number of aliphatic carboxylic acids is 1. The van der Waals surface area contributed by atoms with Gasteiger partial charge in [-0.25, -0.2) is 14.6 Å². The molecule has 0 atom stereocenters. The smallest absolute Gasteiger partial charge is 0.325 e. The topological polar surface area (TPSA) is 123 Å². The van der Waals surface area contributed by atoms with Gasteiger partial charge in [0, 0.05) is 5.92 Å². The number of nitrogens with one attached hydrogen (secondary N) is 1. The van der Waals surface area contributed by atoms with Crippen LogP contribution in [0.5, 0.6) is 0 Å². The maximum Gasteiger partial charge on any atom is 0.325 e. The predicted molar refractivity (Wildman–Crippen MR) is 80.0 cm³/mol. The van der Waals surface area contributed by atoms with E-state index in [2.05, 4.69) is 25.6 Å². The van der Waals surface area contributed by atoms with Crippen LogP contribution in [0.15, 0.2) is 12.4 Å². The van der Waals surface area contributed by atoms with Crippen LogP contribution in [0.2, 0.25) is 5.02 Å². The Morgan fingerprint density at radius 2 is 2.17 bits per heavy atom. The normalized spacial score (nSPS) is 10.8. The molecule has 2 aromatic rings. The fourth-order valence-corrected chi connectivity index (χ4v) is 1.88. The largest absolute Gasteiger partial charge is 0.480 e. The van der Waals surface area contributed by atoms with E-state index in [1.807, 2.05) is 13.8 Å². The van der Waals surface area contributed by atoms with Crippen LogP contribution >= 0.6 is 11.6 Å². The molecule has 0 aliphatic rings. The zero-order valence-corrected chi connectivity index (χ0v) is 13.3. The summed E-state index contributed by atoms with van der Waals surface area (Å²) < 4.78 is 1.17. The van der Waals surface area contributed by atoms with Crippen molar-refractivity contribution in [2.24, 2.45) is 0 Å². The zero-order valence-electron chi connectivity index (χ0n) is 12.5. The molecule has 0 radical (unpaired) electrons. The number of carbonyl (C=O) groups is 2. The van der Waals surface area contributed by atoms with E-state index in [9.17, 15) is 9.59 Å². The van der Waals surface area contributed by atoms with Gasteiger partial charge in [0.2, 0.25) is 0 Å². The Balaban J connectivity index is 2.03. The SMILES string of the molecule is CC(C)c1ncc(Cl)c(C(=O)NCc2cn(CC(=O)O)nn2)n1. The minimum Gasteiger partial charge on any atom is -0.480 e. The van der Waals surface area contributed by atoms with Gasteiger partial charge in [-0.15, -0.1) is 5.10 Å². The molecule has 0 saturated carbocycles. The Kier molecular flexibility index (Phi) is 5.22. The monoisotopic (exact) mass is 338 g/mol. The molecule has 2 aromatic heterocycles. The van der Waals surface area contributed by atoms with Gasteiger partial charge in [-0.1, -0.05) is 30.7 Å². The van der Waals surface area contributed by atoms with Gasteiger partial charge in [-0.2, -0.15) is 0 Å². The fraction of sp³-hybridized carbons (Fsp3) is 0.385. The highest BCUT2D eigenvalue weighted by atomic mass is 35.5. The number of carbonyl (C=O) groups excluding carboxylic acids is 1. The number of aromatic nitrogens is 5. The summed E-state index contributed by atoms with van der Waals surface area (Å²) in [6.45, 7) is 3.60. The number of hydrogen-bond acceptors (Lipinski definition) is 6. The minimum atomic E-state index is -1.03. The molecule has 122 valence electrons. The summed E-state index contributed by atoms with van der Waals surface area (Å²) in [5.74, 6) is -0.909. The van der Waals surface area contributed by atoms with Crippen LogP contribution in [0.25, 0.3) is 0 Å². The second-order valence-corrected chi connectivity index (χ2v) is 5.47. The molecular weight excluding hydrogens is 324 g/mol. The number of carboxylic acids is 1. The average Bonchev–Trinajstić information content (AvgIpc) is 2.91. The quantitative estimate of drug-likeness (QED) is 0.800. The van der Waals surface area contributed by atoms with Crippen molar-refractivity contribution < 1.29 is 14.7 Å². The van der Waals surface area contributed by atoms with E-state index >= 15 is 0 Å². The van der Waals surface area contributed by atoms with E-state index in [0.717, 1.165) is 0 Å². The molecule has 2 heterocycles. The van der Waals surface area contributed by atoms with E-state index < -0.39 is 11.9 Å². The Morgan fingerprint density at radius 3 is 2.83 bits per heavy atom. The lowest BCUT2D eigenvalue weighted by molar-refractivity contribution is -0.137. The Bertz CT molecular complexity index is 730. The third-order valence-electron chi connectivity index (χ3n) is 2.81. The van der Waals surface area contributed by atoms with Crippen molar-refractivity contribution in [1.82, 2.24) is 30.3 Å². The first-order valence-electron chi connectivity index (χ1n) is 6.78. The highest BCUT2D eigenvalue weighted by molar-refractivity contribution is 6.33. The average molecular weight is 339 g/mol. The van der Waals surface area contributed by atoms with Crippen molar-refractivity contribution in [1.29, 1.82) is 0 Å². The maximum absolute atomic E-state index is 12.2. The van der Waals surface area contributed by atoms with Gasteiger partial charge in [0.05, 0.1) is 24.0 Å². The summed E-state index contributed by atoms with van der Waals surface area (Å²) in [6.07, 6.45) is 2.83. The van der Waals surface area contributed by atoms with Crippen LogP contribution in [-0.4, -0.2) is 41.9 Å². The van der Waals surface area contributed by atoms with Crippen LogP contribution in [0.1, 0.15) is 41.8 Å². The molecule has 10 heteroatoms. The molecule has 0 fully saturated rings. The molecule has 0 spiro atoms. The van der Waals surface area contributed by atoms with Crippen molar-refractivity contribution in [3.05, 3.63) is 34.6 Å². The molecule has 0 unspecified atom stereocenters. The van der Waals surface area contributed by atoms with Gasteiger partial charge in [0.25, 0.3) is 5.91 Å². The second kappa shape index (κ2) is 7.14. The number of amides is 1. The molecular formula is C13H15ClN6O3. The molecule has 0 bridgehead atoms. The number of rotatable bonds is 6. The third kappa shape index (κ3) is 4.46. The number of carboxylic acid groups (broad SMARTS) is 1. The lowest BCUT2D eigenvalue weighted by Crippen LogP contribution is -2.25. The minimum absolute atomic E-state index is 0.0646. The first-order valence-corrected chi connectivity index (χ1v) is 7.16. The first kappa shape index (κ1) is 16.8. The summed E-state index contributed by atoms with van der Waals surface area (Å²) in [4.78, 5) is 30.9. The summed E-state index contributed by atoms with van der Waals surface area (Å²) in [5.41, 5.74) is 0.511.